The van der Waals surface area contributed by atoms with E-state index >= 15 is 0 Å². The van der Waals surface area contributed by atoms with Gasteiger partial charge in [0.15, 0.2) is 0 Å². The van der Waals surface area contributed by atoms with Gasteiger partial charge in [-0.05, 0) is 12.1 Å². The van der Waals surface area contributed by atoms with Crippen molar-refractivity contribution in [1.29, 1.82) is 0 Å². The van der Waals surface area contributed by atoms with Crippen LogP contribution in [0.15, 0.2) is 60.7 Å². The fraction of sp³-hybridized carbons (Fsp3) is 0.111. The van der Waals surface area contributed by atoms with Crippen LogP contribution >= 0.6 is 0 Å². The Kier molecular flexibility index (Phi) is 3.51. The molecule has 0 atom stereocenters. The Labute approximate surface area is 128 Å². The number of nitrogens with zero attached hydrogens (tertiary/aromatic N) is 2. The lowest BCUT2D eigenvalue weighted by Gasteiger charge is -2.14. The molecule has 110 valence electrons. The summed E-state index contributed by atoms with van der Waals surface area (Å²) in [7, 11) is 3.35. The van der Waals surface area contributed by atoms with Crippen LogP contribution in [0.2, 0.25) is 0 Å². The minimum atomic E-state index is -0.236. The lowest BCUT2D eigenvalue weighted by Crippen LogP contribution is -2.29. The molecule has 0 saturated heterocycles. The number of fused-ring (bicyclic) bond motifs is 1. The second-order valence-corrected chi connectivity index (χ2v) is 5.30. The molecule has 0 N–H and O–H groups in total. The molecule has 0 radical (unpaired) electrons. The number of carbonyl (C=O) groups excluding carboxylic acids is 2. The molecule has 22 heavy (non-hydrogen) atoms. The largest absolute Gasteiger partial charge is 0.330 e. The van der Waals surface area contributed by atoms with Crippen molar-refractivity contribution in [3.8, 4) is 0 Å². The van der Waals surface area contributed by atoms with E-state index in [2.05, 4.69) is 0 Å². The van der Waals surface area contributed by atoms with Crippen molar-refractivity contribution in [2.75, 3.05) is 14.1 Å². The van der Waals surface area contributed by atoms with Crippen LogP contribution in [0, 0.1) is 0 Å². The van der Waals surface area contributed by atoms with Crippen LogP contribution in [-0.2, 0) is 0 Å². The van der Waals surface area contributed by atoms with E-state index in [1.165, 1.54) is 9.47 Å². The Balaban J connectivity index is 2.23. The number of carbonyl (C=O) groups is 2. The third-order valence-electron chi connectivity index (χ3n) is 3.55. The zero-order chi connectivity index (χ0) is 15.7. The molecule has 1 amide bonds. The fourth-order valence-electron chi connectivity index (χ4n) is 2.47. The van der Waals surface area contributed by atoms with Crippen LogP contribution in [0.3, 0.4) is 0 Å². The van der Waals surface area contributed by atoms with Crippen molar-refractivity contribution in [2.24, 2.45) is 0 Å². The van der Waals surface area contributed by atoms with Gasteiger partial charge in [-0.15, -0.1) is 0 Å². The van der Waals surface area contributed by atoms with Crippen LogP contribution in [0.5, 0.6) is 0 Å². The van der Waals surface area contributed by atoms with E-state index in [0.29, 0.717) is 11.3 Å². The summed E-state index contributed by atoms with van der Waals surface area (Å²) in [5.41, 5.74) is 1.68. The van der Waals surface area contributed by atoms with Crippen molar-refractivity contribution in [2.45, 2.75) is 0 Å². The maximum Gasteiger partial charge on any atom is 0.328 e. The average Bonchev–Trinajstić information content (AvgIpc) is 2.93. The maximum absolute atomic E-state index is 12.8. The number of rotatable bonds is 2. The zero-order valence-corrected chi connectivity index (χ0v) is 12.5. The normalized spacial score (nSPS) is 10.6. The first-order valence-corrected chi connectivity index (χ1v) is 7.01. The van der Waals surface area contributed by atoms with Gasteiger partial charge in [0.2, 0.25) is 5.78 Å². The average molecular weight is 292 g/mol. The predicted molar refractivity (Wildman–Crippen MR) is 86.3 cm³/mol. The first-order chi connectivity index (χ1) is 10.6. The molecule has 4 heteroatoms. The zero-order valence-electron chi connectivity index (χ0n) is 12.5. The lowest BCUT2D eigenvalue weighted by molar-refractivity contribution is 0.103. The smallest absolute Gasteiger partial charge is 0.328 e. The van der Waals surface area contributed by atoms with E-state index in [9.17, 15) is 9.59 Å². The first kappa shape index (κ1) is 14.1. The molecule has 0 spiro atoms. The number of amides is 1. The van der Waals surface area contributed by atoms with E-state index < -0.39 is 0 Å². The Morgan fingerprint density at radius 1 is 0.909 bits per heavy atom. The third kappa shape index (κ3) is 2.29. The van der Waals surface area contributed by atoms with Crippen LogP contribution in [0.1, 0.15) is 16.1 Å². The quantitative estimate of drug-likeness (QED) is 0.679. The molecule has 4 nitrogen and oxygen atoms in total. The minimum Gasteiger partial charge on any atom is -0.330 e. The Morgan fingerprint density at radius 3 is 2.23 bits per heavy atom. The van der Waals surface area contributed by atoms with Crippen molar-refractivity contribution in [1.82, 2.24) is 9.47 Å². The van der Waals surface area contributed by atoms with Gasteiger partial charge in [-0.25, -0.2) is 4.79 Å². The molecule has 0 aliphatic carbocycles. The number of ketones is 1. The maximum atomic E-state index is 12.8. The molecule has 0 aliphatic heterocycles. The summed E-state index contributed by atoms with van der Waals surface area (Å²) >= 11 is 0. The first-order valence-electron chi connectivity index (χ1n) is 7.01. The summed E-state index contributed by atoms with van der Waals surface area (Å²) in [4.78, 5) is 26.8. The van der Waals surface area contributed by atoms with E-state index in [1.807, 2.05) is 42.5 Å². The summed E-state index contributed by atoms with van der Waals surface area (Å²) in [5, 5.41) is 0.872. The molecule has 2 aromatic carbocycles. The molecule has 0 bridgehead atoms. The monoisotopic (exact) mass is 292 g/mol. The topological polar surface area (TPSA) is 42.3 Å². The van der Waals surface area contributed by atoms with Gasteiger partial charge < -0.3 is 4.90 Å². The van der Waals surface area contributed by atoms with E-state index in [0.717, 1.165) is 10.9 Å². The Bertz CT molecular complexity index is 848. The highest BCUT2D eigenvalue weighted by Gasteiger charge is 2.21. The number of benzene rings is 2. The lowest BCUT2D eigenvalue weighted by atomic mass is 10.1. The fourth-order valence-corrected chi connectivity index (χ4v) is 2.47. The molecular weight excluding hydrogens is 276 g/mol. The Morgan fingerprint density at radius 2 is 1.55 bits per heavy atom. The number of hydrogen-bond acceptors (Lipinski definition) is 2. The molecule has 0 saturated carbocycles. The van der Waals surface area contributed by atoms with Gasteiger partial charge >= 0.3 is 6.03 Å². The molecule has 0 unspecified atom stereocenters. The van der Waals surface area contributed by atoms with E-state index in [-0.39, 0.29) is 11.8 Å². The standard InChI is InChI=1S/C18H16N2O2/c1-19(2)18(22)20-15-11-7-6-10-14(15)12-16(20)17(21)13-8-4-3-5-9-13/h3-12H,1-2H3. The molecule has 1 heterocycles. The number of hydrogen-bond donors (Lipinski definition) is 0. The second kappa shape index (κ2) is 5.48. The molecule has 0 aliphatic rings. The summed E-state index contributed by atoms with van der Waals surface area (Å²) in [6.45, 7) is 0. The van der Waals surface area contributed by atoms with Gasteiger partial charge in [-0.2, -0.15) is 0 Å². The van der Waals surface area contributed by atoms with Crippen molar-refractivity contribution in [3.05, 3.63) is 71.9 Å². The molecule has 3 rings (SSSR count). The van der Waals surface area contributed by atoms with Crippen LogP contribution < -0.4 is 0 Å². The summed E-state index contributed by atoms with van der Waals surface area (Å²) in [6, 6.07) is 18.0. The predicted octanol–water partition coefficient (Wildman–Crippen LogP) is 3.40. The van der Waals surface area contributed by atoms with Crippen LogP contribution in [0.25, 0.3) is 10.9 Å². The summed E-state index contributed by atoms with van der Waals surface area (Å²) in [5.74, 6) is -0.160. The van der Waals surface area contributed by atoms with E-state index in [4.69, 9.17) is 0 Å². The van der Waals surface area contributed by atoms with Crippen molar-refractivity contribution < 1.29 is 9.59 Å². The van der Waals surface area contributed by atoms with Gasteiger partial charge in [-0.1, -0.05) is 48.5 Å². The number of para-hydroxylation sites is 1. The minimum absolute atomic E-state index is 0.160. The van der Waals surface area contributed by atoms with Crippen molar-refractivity contribution >= 4 is 22.7 Å². The highest BCUT2D eigenvalue weighted by molar-refractivity contribution is 6.13. The van der Waals surface area contributed by atoms with Crippen molar-refractivity contribution in [3.63, 3.8) is 0 Å². The van der Waals surface area contributed by atoms with Gasteiger partial charge in [0, 0.05) is 25.0 Å². The third-order valence-corrected chi connectivity index (χ3v) is 3.55. The molecular formula is C18H16N2O2. The van der Waals surface area contributed by atoms with Crippen LogP contribution in [-0.4, -0.2) is 35.4 Å². The molecule has 3 aromatic rings. The van der Waals surface area contributed by atoms with Gasteiger partial charge in [0.05, 0.1) is 11.2 Å². The van der Waals surface area contributed by atoms with Gasteiger partial charge in [0.1, 0.15) is 0 Å². The highest BCUT2D eigenvalue weighted by atomic mass is 16.2. The van der Waals surface area contributed by atoms with Gasteiger partial charge in [-0.3, -0.25) is 9.36 Å². The summed E-state index contributed by atoms with van der Waals surface area (Å²) < 4.78 is 1.48. The van der Waals surface area contributed by atoms with Gasteiger partial charge in [0.25, 0.3) is 0 Å². The molecule has 0 fully saturated rings. The van der Waals surface area contributed by atoms with Crippen LogP contribution in [0.4, 0.5) is 4.79 Å². The highest BCUT2D eigenvalue weighted by Crippen LogP contribution is 2.22. The Hall–Kier alpha value is -2.88. The summed E-state index contributed by atoms with van der Waals surface area (Å²) in [6.07, 6.45) is 0. The second-order valence-electron chi connectivity index (χ2n) is 5.30. The van der Waals surface area contributed by atoms with E-state index in [1.54, 1.807) is 32.3 Å². The number of aromatic nitrogens is 1. The SMILES string of the molecule is CN(C)C(=O)n1c(C(=O)c2ccccc2)cc2ccccc21. The molecule has 1 aromatic heterocycles.